The Morgan fingerprint density at radius 2 is 2.04 bits per heavy atom. The van der Waals surface area contributed by atoms with Gasteiger partial charge in [-0.15, -0.1) is 0 Å². The number of H-pyrrole nitrogens is 1. The predicted octanol–water partition coefficient (Wildman–Crippen LogP) is 0.408. The molecule has 0 unspecified atom stereocenters. The van der Waals surface area contributed by atoms with Gasteiger partial charge in [0.05, 0.1) is 11.3 Å². The molecule has 0 atom stereocenters. The fourth-order valence-electron chi connectivity index (χ4n) is 3.44. The number of hydrogen-bond acceptors (Lipinski definition) is 6. The van der Waals surface area contributed by atoms with Crippen molar-refractivity contribution in [3.63, 3.8) is 0 Å². The number of nitrogens with zero attached hydrogens (tertiary/aromatic N) is 5. The van der Waals surface area contributed by atoms with E-state index in [9.17, 15) is 9.59 Å². The van der Waals surface area contributed by atoms with Gasteiger partial charge >= 0.3 is 0 Å². The monoisotopic (exact) mass is 381 g/mol. The summed E-state index contributed by atoms with van der Waals surface area (Å²) in [7, 11) is 2.11. The van der Waals surface area contributed by atoms with Crippen LogP contribution in [0, 0.1) is 6.92 Å². The van der Waals surface area contributed by atoms with Gasteiger partial charge in [0.1, 0.15) is 5.82 Å². The zero-order valence-electron chi connectivity index (χ0n) is 16.0. The molecule has 1 aliphatic rings. The molecule has 4 rings (SSSR count). The third-order valence-electron chi connectivity index (χ3n) is 5.12. The van der Waals surface area contributed by atoms with Crippen LogP contribution in [-0.2, 0) is 6.54 Å². The number of fused-ring (bicyclic) bond motifs is 1. The summed E-state index contributed by atoms with van der Waals surface area (Å²) in [5.41, 5.74) is 2.27. The second-order valence-electron chi connectivity index (χ2n) is 7.03. The topological polar surface area (TPSA) is 98.6 Å². The van der Waals surface area contributed by atoms with E-state index in [2.05, 4.69) is 37.2 Å². The van der Waals surface area contributed by atoms with E-state index in [0.29, 0.717) is 23.4 Å². The molecule has 1 amide bonds. The Morgan fingerprint density at radius 1 is 1.25 bits per heavy atom. The van der Waals surface area contributed by atoms with Gasteiger partial charge in [-0.1, -0.05) is 6.07 Å². The van der Waals surface area contributed by atoms with Crippen molar-refractivity contribution in [2.24, 2.45) is 0 Å². The maximum atomic E-state index is 12.7. The summed E-state index contributed by atoms with van der Waals surface area (Å²) in [4.78, 5) is 37.5. The zero-order chi connectivity index (χ0) is 19.7. The van der Waals surface area contributed by atoms with Crippen molar-refractivity contribution in [1.29, 1.82) is 0 Å². The molecule has 9 heteroatoms. The maximum Gasteiger partial charge on any atom is 0.266 e. The van der Waals surface area contributed by atoms with Crippen LogP contribution in [0.2, 0.25) is 0 Å². The number of carbonyl (C=O) groups excluding carboxylic acids is 1. The summed E-state index contributed by atoms with van der Waals surface area (Å²) in [6.45, 7) is 5.95. The second kappa shape index (κ2) is 7.43. The number of aromatic amines is 1. The van der Waals surface area contributed by atoms with Crippen LogP contribution in [0.15, 0.2) is 35.4 Å². The summed E-state index contributed by atoms with van der Waals surface area (Å²) < 4.78 is 1.52. The molecular formula is C19H23N7O2. The van der Waals surface area contributed by atoms with Crippen molar-refractivity contribution in [3.8, 4) is 0 Å². The van der Waals surface area contributed by atoms with E-state index in [1.54, 1.807) is 13.1 Å². The third kappa shape index (κ3) is 3.48. The lowest BCUT2D eigenvalue weighted by Crippen LogP contribution is -2.45. The standard InChI is InChI=1S/C19H23N7O2/c1-13-15(12-21-16-10-17(27)23-26(13)16)19(28)22-11-14-4-3-5-20-18(14)25-8-6-24(2)7-9-25/h3-5,10,12H,6-9,11H2,1-2H3,(H,22,28)(H,23,27). The summed E-state index contributed by atoms with van der Waals surface area (Å²) in [6, 6.07) is 5.26. The Bertz CT molecular complexity index is 1060. The third-order valence-corrected chi connectivity index (χ3v) is 5.12. The van der Waals surface area contributed by atoms with Gasteiger partial charge in [-0.2, -0.15) is 0 Å². The number of piperazine rings is 1. The number of nitrogens with one attached hydrogen (secondary N) is 2. The van der Waals surface area contributed by atoms with Gasteiger partial charge in [-0.3, -0.25) is 14.7 Å². The van der Waals surface area contributed by atoms with E-state index in [1.807, 2.05) is 12.1 Å². The van der Waals surface area contributed by atoms with Gasteiger partial charge in [0.25, 0.3) is 11.5 Å². The van der Waals surface area contributed by atoms with Crippen LogP contribution in [0.1, 0.15) is 21.6 Å². The molecule has 1 aliphatic heterocycles. The molecule has 0 aliphatic carbocycles. The summed E-state index contributed by atoms with van der Waals surface area (Å²) >= 11 is 0. The van der Waals surface area contributed by atoms with Crippen LogP contribution in [0.25, 0.3) is 5.65 Å². The second-order valence-corrected chi connectivity index (χ2v) is 7.03. The van der Waals surface area contributed by atoms with E-state index < -0.39 is 0 Å². The van der Waals surface area contributed by atoms with E-state index in [1.165, 1.54) is 16.8 Å². The van der Waals surface area contributed by atoms with E-state index in [-0.39, 0.29) is 11.5 Å². The normalized spacial score (nSPS) is 15.1. The summed E-state index contributed by atoms with van der Waals surface area (Å²) in [5, 5.41) is 5.60. The molecule has 1 saturated heterocycles. The van der Waals surface area contributed by atoms with Crippen molar-refractivity contribution in [2.75, 3.05) is 38.1 Å². The molecule has 9 nitrogen and oxygen atoms in total. The maximum absolute atomic E-state index is 12.7. The van der Waals surface area contributed by atoms with Crippen molar-refractivity contribution in [2.45, 2.75) is 13.5 Å². The first-order valence-corrected chi connectivity index (χ1v) is 9.26. The minimum Gasteiger partial charge on any atom is -0.354 e. The number of anilines is 1. The van der Waals surface area contributed by atoms with Gasteiger partial charge in [0.15, 0.2) is 5.65 Å². The number of amides is 1. The highest BCUT2D eigenvalue weighted by atomic mass is 16.1. The Balaban J connectivity index is 1.51. The Kier molecular flexibility index (Phi) is 4.82. The molecule has 3 aromatic heterocycles. The van der Waals surface area contributed by atoms with Gasteiger partial charge in [0.2, 0.25) is 0 Å². The van der Waals surface area contributed by atoms with Crippen LogP contribution in [-0.4, -0.2) is 63.6 Å². The molecule has 0 saturated carbocycles. The largest absolute Gasteiger partial charge is 0.354 e. The Morgan fingerprint density at radius 3 is 2.82 bits per heavy atom. The van der Waals surface area contributed by atoms with Gasteiger partial charge < -0.3 is 15.1 Å². The molecule has 0 bridgehead atoms. The summed E-state index contributed by atoms with van der Waals surface area (Å²) in [5.74, 6) is 0.672. The van der Waals surface area contributed by atoms with Gasteiger partial charge in [-0.05, 0) is 20.0 Å². The minimum absolute atomic E-state index is 0.241. The lowest BCUT2D eigenvalue weighted by molar-refractivity contribution is 0.0949. The fraction of sp³-hybridized carbons (Fsp3) is 0.368. The molecule has 146 valence electrons. The molecular weight excluding hydrogens is 358 g/mol. The highest BCUT2D eigenvalue weighted by Crippen LogP contribution is 2.19. The number of pyridine rings is 1. The van der Waals surface area contributed by atoms with E-state index in [0.717, 1.165) is 37.6 Å². The molecule has 0 radical (unpaired) electrons. The molecule has 28 heavy (non-hydrogen) atoms. The Labute approximate surface area is 162 Å². The van der Waals surface area contributed by atoms with Crippen LogP contribution in [0.4, 0.5) is 5.82 Å². The molecule has 4 heterocycles. The number of carbonyl (C=O) groups is 1. The van der Waals surface area contributed by atoms with Crippen LogP contribution < -0.4 is 15.8 Å². The van der Waals surface area contributed by atoms with Crippen LogP contribution in [0.3, 0.4) is 0 Å². The number of aromatic nitrogens is 4. The summed E-state index contributed by atoms with van der Waals surface area (Å²) in [6.07, 6.45) is 3.28. The SMILES string of the molecule is Cc1c(C(=O)NCc2cccnc2N2CCN(C)CC2)cnc2cc(=O)[nH]n12. The van der Waals surface area contributed by atoms with E-state index in [4.69, 9.17) is 0 Å². The molecule has 1 fully saturated rings. The first kappa shape index (κ1) is 18.2. The number of aryl methyl sites for hydroxylation is 1. The smallest absolute Gasteiger partial charge is 0.266 e. The van der Waals surface area contributed by atoms with E-state index >= 15 is 0 Å². The lowest BCUT2D eigenvalue weighted by Gasteiger charge is -2.34. The average molecular weight is 381 g/mol. The van der Waals surface area contributed by atoms with Crippen molar-refractivity contribution >= 4 is 17.4 Å². The predicted molar refractivity (Wildman–Crippen MR) is 106 cm³/mol. The van der Waals surface area contributed by atoms with Crippen LogP contribution >= 0.6 is 0 Å². The number of hydrogen-bond donors (Lipinski definition) is 2. The highest BCUT2D eigenvalue weighted by Gasteiger charge is 2.19. The molecule has 2 N–H and O–H groups in total. The average Bonchev–Trinajstić information content (AvgIpc) is 3.09. The quantitative estimate of drug-likeness (QED) is 0.679. The van der Waals surface area contributed by atoms with Crippen LogP contribution in [0.5, 0.6) is 0 Å². The molecule has 0 aromatic carbocycles. The molecule has 0 spiro atoms. The first-order chi connectivity index (χ1) is 13.5. The number of likely N-dealkylation sites (N-methyl/N-ethyl adjacent to an activating group) is 1. The first-order valence-electron chi connectivity index (χ1n) is 9.26. The highest BCUT2D eigenvalue weighted by molar-refractivity contribution is 5.95. The number of rotatable bonds is 4. The van der Waals surface area contributed by atoms with Gasteiger partial charge in [0, 0.05) is 56.7 Å². The van der Waals surface area contributed by atoms with Gasteiger partial charge in [-0.25, -0.2) is 14.5 Å². The molecule has 3 aromatic rings. The van der Waals surface area contributed by atoms with Crippen molar-refractivity contribution in [3.05, 3.63) is 57.8 Å². The van der Waals surface area contributed by atoms with Crippen molar-refractivity contribution in [1.82, 2.24) is 29.8 Å². The van der Waals surface area contributed by atoms with Crippen molar-refractivity contribution < 1.29 is 4.79 Å². The lowest BCUT2D eigenvalue weighted by atomic mass is 10.2. The fourth-order valence-corrected chi connectivity index (χ4v) is 3.44. The minimum atomic E-state index is -0.250. The zero-order valence-corrected chi connectivity index (χ0v) is 16.0. The Hall–Kier alpha value is -3.20.